The van der Waals surface area contributed by atoms with Gasteiger partial charge in [-0.2, -0.15) is 5.10 Å². The largest absolute Gasteiger partial charge is 0.550 e. The summed E-state index contributed by atoms with van der Waals surface area (Å²) in [7, 11) is 0. The van der Waals surface area contributed by atoms with E-state index in [4.69, 9.17) is 4.74 Å². The van der Waals surface area contributed by atoms with Crippen molar-refractivity contribution >= 4 is 35.0 Å². The molecule has 0 spiro atoms. The van der Waals surface area contributed by atoms with Crippen LogP contribution in [0.25, 0.3) is 0 Å². The number of ether oxygens (including phenoxy) is 1. The van der Waals surface area contributed by atoms with E-state index < -0.39 is 17.1 Å². The van der Waals surface area contributed by atoms with Gasteiger partial charge in [-0.25, -0.2) is 0 Å². The zero-order valence-corrected chi connectivity index (χ0v) is 15.0. The van der Waals surface area contributed by atoms with Gasteiger partial charge in [0.2, 0.25) is 5.91 Å². The first kappa shape index (κ1) is 18.7. The fourth-order valence-electron chi connectivity index (χ4n) is 2.34. The topological polar surface area (TPSA) is 103 Å². The molecule has 27 heavy (non-hydrogen) atoms. The Labute approximate surface area is 160 Å². The van der Waals surface area contributed by atoms with Gasteiger partial charge in [-0.15, -0.1) is 5.10 Å². The molecule has 1 amide bonds. The number of carbonyl (C=O) groups is 2. The number of rotatable bonds is 7. The molecule has 1 fully saturated rings. The number of nitrogens with zero attached hydrogens (tertiary/aromatic N) is 2. The third kappa shape index (κ3) is 5.42. The number of benzene rings is 2. The molecule has 1 aliphatic heterocycles. The highest BCUT2D eigenvalue weighted by Crippen LogP contribution is 2.22. The number of carbonyl (C=O) groups excluding carboxylic acids is 2. The summed E-state index contributed by atoms with van der Waals surface area (Å²) >= 11 is 1.02. The smallest absolute Gasteiger partial charge is 0.239 e. The first-order chi connectivity index (χ1) is 13.1. The normalized spacial score (nSPS) is 18.0. The van der Waals surface area contributed by atoms with E-state index in [9.17, 15) is 14.7 Å². The molecule has 1 heterocycles. The first-order valence-electron chi connectivity index (χ1n) is 8.16. The molecule has 1 atom stereocenters. The Morgan fingerprint density at radius 3 is 2.70 bits per heavy atom. The summed E-state index contributed by atoms with van der Waals surface area (Å²) < 4.78 is 5.84. The number of hydrogen-bond donors (Lipinski definition) is 1. The molecule has 0 aliphatic carbocycles. The Hall–Kier alpha value is -3.13. The van der Waals surface area contributed by atoms with Crippen LogP contribution < -0.4 is 15.2 Å². The summed E-state index contributed by atoms with van der Waals surface area (Å²) in [5.74, 6) is -1.04. The monoisotopic (exact) mass is 382 g/mol. The number of hydrogen-bond acceptors (Lipinski definition) is 7. The molecule has 0 bridgehead atoms. The highest BCUT2D eigenvalue weighted by atomic mass is 32.2. The first-order valence-corrected chi connectivity index (χ1v) is 9.04. The van der Waals surface area contributed by atoms with Crippen molar-refractivity contribution in [3.05, 3.63) is 65.7 Å². The summed E-state index contributed by atoms with van der Waals surface area (Å²) in [6.45, 7) is 0.428. The molecule has 0 saturated carbocycles. The van der Waals surface area contributed by atoms with E-state index in [1.807, 2.05) is 54.6 Å². The second-order valence-electron chi connectivity index (χ2n) is 5.63. The number of nitrogens with one attached hydrogen (secondary N) is 1. The summed E-state index contributed by atoms with van der Waals surface area (Å²) in [5, 5.41) is 20.5. The van der Waals surface area contributed by atoms with Crippen LogP contribution in [0.15, 0.2) is 64.8 Å². The molecule has 1 N–H and O–H groups in total. The molecule has 0 aromatic heterocycles. The lowest BCUT2D eigenvalue weighted by molar-refractivity contribution is -0.305. The van der Waals surface area contributed by atoms with Gasteiger partial charge in [-0.05, 0) is 17.7 Å². The van der Waals surface area contributed by atoms with E-state index >= 15 is 0 Å². The number of carboxylic acids is 1. The summed E-state index contributed by atoms with van der Waals surface area (Å²) in [4.78, 5) is 22.3. The highest BCUT2D eigenvalue weighted by Gasteiger charge is 2.30. The van der Waals surface area contributed by atoms with Crippen molar-refractivity contribution in [1.29, 1.82) is 0 Å². The Balaban J connectivity index is 1.64. The van der Waals surface area contributed by atoms with Gasteiger partial charge >= 0.3 is 0 Å². The zero-order valence-electron chi connectivity index (χ0n) is 14.2. The van der Waals surface area contributed by atoms with Gasteiger partial charge in [0.05, 0.1) is 11.5 Å². The Morgan fingerprint density at radius 2 is 1.93 bits per heavy atom. The van der Waals surface area contributed by atoms with Crippen molar-refractivity contribution in [2.24, 2.45) is 10.2 Å². The summed E-state index contributed by atoms with van der Waals surface area (Å²) in [6, 6.07) is 17.2. The van der Waals surface area contributed by atoms with Crippen molar-refractivity contribution in [3.63, 3.8) is 0 Å². The van der Waals surface area contributed by atoms with Gasteiger partial charge in [0.15, 0.2) is 5.17 Å². The Morgan fingerprint density at radius 1 is 1.19 bits per heavy atom. The van der Waals surface area contributed by atoms with Crippen LogP contribution in [-0.4, -0.2) is 28.5 Å². The molecule has 8 heteroatoms. The van der Waals surface area contributed by atoms with Crippen LogP contribution in [0.2, 0.25) is 0 Å². The molecule has 7 nitrogen and oxygen atoms in total. The van der Waals surface area contributed by atoms with E-state index in [0.717, 1.165) is 22.9 Å². The number of carboxylic acid groups (broad SMARTS) is 1. The third-order valence-corrected chi connectivity index (χ3v) is 4.70. The number of thioether (sulfide) groups is 1. The predicted molar refractivity (Wildman–Crippen MR) is 101 cm³/mol. The summed E-state index contributed by atoms with van der Waals surface area (Å²) in [5.41, 5.74) is 1.78. The Bertz CT molecular complexity index is 884. The zero-order chi connectivity index (χ0) is 19.1. The fraction of sp³-hybridized carbons (Fsp3) is 0.158. The average Bonchev–Trinajstić information content (AvgIpc) is 3.00. The SMILES string of the molecule is O=C([O-])C[C@@H]1S/C(=N/N=C\c2ccccc2OCc2ccccc2)NC1=O. The van der Waals surface area contributed by atoms with Crippen molar-refractivity contribution in [3.8, 4) is 5.75 Å². The van der Waals surface area contributed by atoms with Gasteiger partial charge < -0.3 is 20.0 Å². The maximum absolute atomic E-state index is 11.7. The van der Waals surface area contributed by atoms with Crippen LogP contribution >= 0.6 is 11.8 Å². The van der Waals surface area contributed by atoms with Crippen molar-refractivity contribution in [1.82, 2.24) is 5.32 Å². The minimum Gasteiger partial charge on any atom is -0.550 e. The molecule has 0 unspecified atom stereocenters. The van der Waals surface area contributed by atoms with Gasteiger partial charge in [-0.3, -0.25) is 4.79 Å². The molecular formula is C19H16N3O4S-. The third-order valence-electron chi connectivity index (χ3n) is 3.63. The predicted octanol–water partition coefficient (Wildman–Crippen LogP) is 1.33. The number of amidine groups is 1. The van der Waals surface area contributed by atoms with Gasteiger partial charge in [0, 0.05) is 18.0 Å². The van der Waals surface area contributed by atoms with E-state index in [0.29, 0.717) is 12.4 Å². The van der Waals surface area contributed by atoms with Crippen LogP contribution in [0.4, 0.5) is 0 Å². The number of aliphatic carboxylic acids is 1. The van der Waals surface area contributed by atoms with Gasteiger partial charge in [0.1, 0.15) is 12.4 Å². The van der Waals surface area contributed by atoms with Crippen LogP contribution in [0, 0.1) is 0 Å². The molecule has 0 radical (unpaired) electrons. The van der Waals surface area contributed by atoms with E-state index in [1.54, 1.807) is 0 Å². The molecule has 3 rings (SSSR count). The molecule has 1 aliphatic rings. The van der Waals surface area contributed by atoms with Crippen molar-refractivity contribution < 1.29 is 19.4 Å². The van der Waals surface area contributed by atoms with Crippen LogP contribution in [0.3, 0.4) is 0 Å². The molecule has 2 aromatic rings. The van der Waals surface area contributed by atoms with Crippen LogP contribution in [-0.2, 0) is 16.2 Å². The maximum atomic E-state index is 11.7. The lowest BCUT2D eigenvalue weighted by Crippen LogP contribution is -2.31. The second-order valence-corrected chi connectivity index (χ2v) is 6.83. The minimum atomic E-state index is -1.28. The Kier molecular flexibility index (Phi) is 6.22. The minimum absolute atomic E-state index is 0.255. The lowest BCUT2D eigenvalue weighted by Gasteiger charge is -2.08. The van der Waals surface area contributed by atoms with Crippen LogP contribution in [0.1, 0.15) is 17.5 Å². The van der Waals surface area contributed by atoms with Crippen molar-refractivity contribution in [2.45, 2.75) is 18.3 Å². The van der Waals surface area contributed by atoms with Gasteiger partial charge in [-0.1, -0.05) is 54.2 Å². The standard InChI is InChI=1S/C19H17N3O4S/c23-17(24)10-16-18(25)21-19(27-16)22-20-11-14-8-4-5-9-15(14)26-12-13-6-2-1-3-7-13/h1-9,11,16H,10,12H2,(H,23,24)(H,21,22,25)/p-1/b20-11-/t16-/m0/s1. The van der Waals surface area contributed by atoms with E-state index in [-0.39, 0.29) is 11.6 Å². The molecule has 2 aromatic carbocycles. The molecule has 138 valence electrons. The van der Waals surface area contributed by atoms with Crippen molar-refractivity contribution in [2.75, 3.05) is 0 Å². The van der Waals surface area contributed by atoms with Gasteiger partial charge in [0.25, 0.3) is 0 Å². The fourth-order valence-corrected chi connectivity index (χ4v) is 3.24. The maximum Gasteiger partial charge on any atom is 0.239 e. The number of amides is 1. The summed E-state index contributed by atoms with van der Waals surface area (Å²) in [6.07, 6.45) is 1.15. The highest BCUT2D eigenvalue weighted by molar-refractivity contribution is 8.15. The van der Waals surface area contributed by atoms with Crippen LogP contribution in [0.5, 0.6) is 5.75 Å². The quantitative estimate of drug-likeness (QED) is 0.575. The van der Waals surface area contributed by atoms with E-state index in [2.05, 4.69) is 15.5 Å². The second kappa shape index (κ2) is 9.00. The van der Waals surface area contributed by atoms with E-state index in [1.165, 1.54) is 6.21 Å². The number of para-hydroxylation sites is 1. The average molecular weight is 382 g/mol. The molecule has 1 saturated heterocycles. The molecular weight excluding hydrogens is 366 g/mol. The lowest BCUT2D eigenvalue weighted by atomic mass is 10.2.